The zero-order valence-electron chi connectivity index (χ0n) is 21.3. The van der Waals surface area contributed by atoms with Crippen LogP contribution in [0, 0.1) is 11.3 Å². The number of anilines is 2. The monoisotopic (exact) mass is 533 g/mol. The topological polar surface area (TPSA) is 85.6 Å². The van der Waals surface area contributed by atoms with Crippen LogP contribution in [0.15, 0.2) is 42.5 Å². The number of hydrogen-bond donors (Lipinski definition) is 2. The Hall–Kier alpha value is -2.93. The number of fused-ring (bicyclic) bond motifs is 1. The largest absolute Gasteiger partial charge is 0.494 e. The minimum atomic E-state index is -3.33. The Morgan fingerprint density at radius 2 is 1.92 bits per heavy atom. The van der Waals surface area contributed by atoms with Gasteiger partial charge in [-0.05, 0) is 82.7 Å². The van der Waals surface area contributed by atoms with E-state index in [9.17, 15) is 13.6 Å². The minimum Gasteiger partial charge on any atom is -0.494 e. The van der Waals surface area contributed by atoms with E-state index in [1.54, 1.807) is 12.1 Å². The number of nitrogens with zero attached hydrogens (tertiary/aromatic N) is 2. The first-order valence-corrected chi connectivity index (χ1v) is 13.1. The number of imidazole rings is 1. The average molecular weight is 534 g/mol. The lowest BCUT2D eigenvalue weighted by Crippen LogP contribution is -2.29. The van der Waals surface area contributed by atoms with Gasteiger partial charge in [0, 0.05) is 24.2 Å². The molecule has 0 bridgehead atoms. The second-order valence-electron chi connectivity index (χ2n) is 10.7. The van der Waals surface area contributed by atoms with Crippen LogP contribution in [-0.4, -0.2) is 33.1 Å². The van der Waals surface area contributed by atoms with Gasteiger partial charge in [0.2, 0.25) is 5.95 Å². The predicted octanol–water partition coefficient (Wildman–Crippen LogP) is 7.22. The smallest absolute Gasteiger partial charge is 0.408 e. The van der Waals surface area contributed by atoms with Crippen LogP contribution in [0.4, 0.5) is 20.4 Å². The molecule has 37 heavy (non-hydrogen) atoms. The number of halogens is 2. The number of benzene rings is 2. The SMILES string of the molecule is C[C@@H]1C[C@H](n2c(Nc3ccc(OC(F)(F)P)cc3)nc3cc(OCCCC(=O)O)ccc32)CC(C)(C)C1. The van der Waals surface area contributed by atoms with Crippen LogP contribution in [0.5, 0.6) is 11.5 Å². The summed E-state index contributed by atoms with van der Waals surface area (Å²) in [6.07, 6.45) is 3.66. The molecule has 1 heterocycles. The number of carboxylic acids is 1. The number of nitrogens with one attached hydrogen (secondary N) is 1. The van der Waals surface area contributed by atoms with Crippen LogP contribution in [0.3, 0.4) is 0 Å². The molecule has 7 nitrogen and oxygen atoms in total. The van der Waals surface area contributed by atoms with Crippen molar-refractivity contribution >= 4 is 37.9 Å². The van der Waals surface area contributed by atoms with E-state index in [0.29, 0.717) is 36.3 Å². The quantitative estimate of drug-likeness (QED) is 0.212. The molecule has 1 aliphatic rings. The zero-order chi connectivity index (χ0) is 26.8. The van der Waals surface area contributed by atoms with Crippen LogP contribution >= 0.6 is 9.24 Å². The lowest BCUT2D eigenvalue weighted by atomic mass is 9.70. The molecule has 200 valence electrons. The van der Waals surface area contributed by atoms with Gasteiger partial charge in [-0.1, -0.05) is 20.8 Å². The molecule has 0 spiro atoms. The van der Waals surface area contributed by atoms with E-state index >= 15 is 0 Å². The molecule has 0 saturated heterocycles. The third kappa shape index (κ3) is 7.31. The van der Waals surface area contributed by atoms with Crippen LogP contribution in [-0.2, 0) is 4.79 Å². The molecule has 3 atom stereocenters. The van der Waals surface area contributed by atoms with E-state index in [0.717, 1.165) is 30.3 Å². The molecule has 1 fully saturated rings. The summed E-state index contributed by atoms with van der Waals surface area (Å²) in [4.78, 5) is 15.6. The van der Waals surface area contributed by atoms with Gasteiger partial charge >= 0.3 is 11.8 Å². The number of carbonyl (C=O) groups is 1. The third-order valence-corrected chi connectivity index (χ3v) is 6.68. The van der Waals surface area contributed by atoms with Crippen molar-refractivity contribution in [1.29, 1.82) is 0 Å². The third-order valence-electron chi connectivity index (χ3n) is 6.56. The van der Waals surface area contributed by atoms with Crippen LogP contribution in [0.1, 0.15) is 58.9 Å². The summed E-state index contributed by atoms with van der Waals surface area (Å²) in [5.41, 5.74) is 2.62. The Balaban J connectivity index is 1.64. The Labute approximate surface area is 217 Å². The van der Waals surface area contributed by atoms with Crippen molar-refractivity contribution in [3.8, 4) is 11.5 Å². The van der Waals surface area contributed by atoms with Crippen molar-refractivity contribution in [2.45, 2.75) is 64.8 Å². The van der Waals surface area contributed by atoms with E-state index in [2.05, 4.69) is 35.4 Å². The summed E-state index contributed by atoms with van der Waals surface area (Å²) >= 11 is 0. The van der Waals surface area contributed by atoms with Crippen molar-refractivity contribution in [3.05, 3.63) is 42.5 Å². The number of aromatic nitrogens is 2. The summed E-state index contributed by atoms with van der Waals surface area (Å²) in [6, 6.07) is 12.3. The molecular formula is C27H34F2N3O4P. The van der Waals surface area contributed by atoms with E-state index in [1.165, 1.54) is 21.4 Å². The first-order valence-electron chi connectivity index (χ1n) is 12.5. The molecule has 1 unspecified atom stereocenters. The first kappa shape index (κ1) is 27.1. The van der Waals surface area contributed by atoms with Gasteiger partial charge in [0.1, 0.15) is 11.5 Å². The number of carboxylic acid groups (broad SMARTS) is 1. The lowest BCUT2D eigenvalue weighted by Gasteiger charge is -2.40. The van der Waals surface area contributed by atoms with Crippen molar-refractivity contribution in [2.24, 2.45) is 11.3 Å². The highest BCUT2D eigenvalue weighted by atomic mass is 31.0. The number of alkyl halides is 2. The summed E-state index contributed by atoms with van der Waals surface area (Å²) in [7, 11) is 1.36. The molecule has 1 aromatic heterocycles. The Morgan fingerprint density at radius 1 is 1.22 bits per heavy atom. The maximum Gasteiger partial charge on any atom is 0.408 e. The fourth-order valence-electron chi connectivity index (χ4n) is 5.42. The van der Waals surface area contributed by atoms with Crippen LogP contribution in [0.25, 0.3) is 11.0 Å². The van der Waals surface area contributed by atoms with Gasteiger partial charge in [0.15, 0.2) is 0 Å². The molecule has 2 aromatic carbocycles. The molecule has 1 aliphatic carbocycles. The molecule has 4 rings (SSSR count). The summed E-state index contributed by atoms with van der Waals surface area (Å²) in [5, 5.41) is 12.2. The average Bonchev–Trinajstić information content (AvgIpc) is 3.12. The summed E-state index contributed by atoms with van der Waals surface area (Å²) in [5.74, 6) is -2.27. The minimum absolute atomic E-state index is 0.0547. The van der Waals surface area contributed by atoms with Gasteiger partial charge in [0.05, 0.1) is 17.6 Å². The Kier molecular flexibility index (Phi) is 7.93. The molecule has 0 radical (unpaired) electrons. The Bertz CT molecular complexity index is 1240. The van der Waals surface area contributed by atoms with Gasteiger partial charge in [0.25, 0.3) is 0 Å². The maximum atomic E-state index is 13.2. The van der Waals surface area contributed by atoms with Crippen molar-refractivity contribution in [1.82, 2.24) is 9.55 Å². The standard InChI is InChI=1S/C27H34F2N3O4P/c1-17-13-19(16-26(2,3)15-17)32-23-11-10-21(35-12-4-5-24(33)34)14-22(23)31-25(32)30-18-6-8-20(9-7-18)36-27(28,29)37/h6-11,14,17,19H,4-5,12-13,15-16,37H2,1-3H3,(H,30,31)(H,33,34)/t17-,19+/m1/s1. The fourth-order valence-corrected chi connectivity index (χ4v) is 5.56. The maximum absolute atomic E-state index is 13.2. The molecule has 10 heteroatoms. The van der Waals surface area contributed by atoms with Gasteiger partial charge in [-0.2, -0.15) is 8.78 Å². The van der Waals surface area contributed by atoms with Gasteiger partial charge < -0.3 is 24.5 Å². The van der Waals surface area contributed by atoms with Gasteiger partial charge in [-0.15, -0.1) is 0 Å². The molecule has 0 amide bonds. The van der Waals surface area contributed by atoms with E-state index in [1.807, 2.05) is 18.2 Å². The molecule has 0 aliphatic heterocycles. The predicted molar refractivity (Wildman–Crippen MR) is 143 cm³/mol. The van der Waals surface area contributed by atoms with E-state index < -0.39 is 11.8 Å². The van der Waals surface area contributed by atoms with Crippen molar-refractivity contribution in [2.75, 3.05) is 11.9 Å². The molecule has 1 saturated carbocycles. The highest BCUT2D eigenvalue weighted by Crippen LogP contribution is 2.46. The second-order valence-corrected chi connectivity index (χ2v) is 11.4. The molecule has 2 N–H and O–H groups in total. The summed E-state index contributed by atoms with van der Waals surface area (Å²) in [6.45, 7) is 7.18. The van der Waals surface area contributed by atoms with Crippen LogP contribution < -0.4 is 14.8 Å². The normalized spacial score (nSPS) is 19.5. The first-order chi connectivity index (χ1) is 17.4. The van der Waals surface area contributed by atoms with Crippen LogP contribution in [0.2, 0.25) is 0 Å². The number of ether oxygens (including phenoxy) is 2. The summed E-state index contributed by atoms with van der Waals surface area (Å²) < 4.78 is 39.0. The lowest BCUT2D eigenvalue weighted by molar-refractivity contribution is -0.137. The van der Waals surface area contributed by atoms with Gasteiger partial charge in [-0.3, -0.25) is 4.79 Å². The van der Waals surface area contributed by atoms with Gasteiger partial charge in [-0.25, -0.2) is 4.98 Å². The van der Waals surface area contributed by atoms with E-state index in [-0.39, 0.29) is 23.6 Å². The zero-order valence-corrected chi connectivity index (χ0v) is 22.5. The Morgan fingerprint density at radius 3 is 2.57 bits per heavy atom. The number of aliphatic carboxylic acids is 1. The highest BCUT2D eigenvalue weighted by molar-refractivity contribution is 7.17. The second kappa shape index (κ2) is 10.8. The number of hydrogen-bond acceptors (Lipinski definition) is 5. The molecular weight excluding hydrogens is 499 g/mol. The van der Waals surface area contributed by atoms with Crippen molar-refractivity contribution < 1.29 is 28.2 Å². The highest BCUT2D eigenvalue weighted by Gasteiger charge is 2.34. The van der Waals surface area contributed by atoms with Crippen molar-refractivity contribution in [3.63, 3.8) is 0 Å². The fraction of sp³-hybridized carbons (Fsp3) is 0.481. The molecule has 3 aromatic rings. The number of rotatable bonds is 10. The van der Waals surface area contributed by atoms with E-state index in [4.69, 9.17) is 14.8 Å².